The number of benzene rings is 2. The Morgan fingerprint density at radius 1 is 1.00 bits per heavy atom. The molecule has 3 rings (SSSR count). The Hall–Kier alpha value is -2.73. The number of carbonyl (C=O) groups excluding carboxylic acids is 1. The Kier molecular flexibility index (Phi) is 5.09. The van der Waals surface area contributed by atoms with Crippen molar-refractivity contribution in [2.24, 2.45) is 0 Å². The molecule has 0 saturated heterocycles. The first-order valence-corrected chi connectivity index (χ1v) is 8.54. The fourth-order valence-corrected chi connectivity index (χ4v) is 2.80. The third kappa shape index (κ3) is 4.22. The van der Waals surface area contributed by atoms with Crippen molar-refractivity contribution in [2.75, 3.05) is 10.6 Å². The molecule has 1 aromatic heterocycles. The summed E-state index contributed by atoms with van der Waals surface area (Å²) in [6.07, 6.45) is 3.02. The number of anilines is 3. The molecule has 2 N–H and O–H groups in total. The van der Waals surface area contributed by atoms with Crippen molar-refractivity contribution in [1.82, 2.24) is 9.97 Å². The lowest BCUT2D eigenvalue weighted by atomic mass is 10.1. The minimum atomic E-state index is -0.230. The van der Waals surface area contributed by atoms with E-state index >= 15 is 0 Å². The van der Waals surface area contributed by atoms with E-state index in [4.69, 9.17) is 0 Å². The van der Waals surface area contributed by atoms with Crippen molar-refractivity contribution < 1.29 is 4.79 Å². The molecule has 25 heavy (non-hydrogen) atoms. The highest BCUT2D eigenvalue weighted by Crippen LogP contribution is 2.21. The Balaban J connectivity index is 1.72. The zero-order chi connectivity index (χ0) is 17.8. The van der Waals surface area contributed by atoms with Crippen LogP contribution in [0.4, 0.5) is 17.3 Å². The predicted octanol–water partition coefficient (Wildman–Crippen LogP) is 4.85. The van der Waals surface area contributed by atoms with Gasteiger partial charge >= 0.3 is 0 Å². The molecule has 0 radical (unpaired) electrons. The molecule has 0 bridgehead atoms. The van der Waals surface area contributed by atoms with Crippen molar-refractivity contribution in [3.05, 3.63) is 76.0 Å². The van der Waals surface area contributed by atoms with Gasteiger partial charge < -0.3 is 10.6 Å². The van der Waals surface area contributed by atoms with E-state index in [0.717, 1.165) is 27.0 Å². The van der Waals surface area contributed by atoms with Gasteiger partial charge in [-0.05, 0) is 43.2 Å². The second-order valence-corrected chi connectivity index (χ2v) is 6.57. The molecule has 0 atom stereocenters. The molecule has 0 fully saturated rings. The van der Waals surface area contributed by atoms with Gasteiger partial charge in [-0.2, -0.15) is 0 Å². The fraction of sp³-hybridized carbons (Fsp3) is 0.105. The number of nitrogens with one attached hydrogen (secondary N) is 2. The fourth-order valence-electron chi connectivity index (χ4n) is 2.40. The molecular weight excluding hydrogens is 380 g/mol. The Labute approximate surface area is 154 Å². The molecule has 5 nitrogen and oxygen atoms in total. The van der Waals surface area contributed by atoms with Crippen LogP contribution in [0.15, 0.2) is 59.3 Å². The van der Waals surface area contributed by atoms with Crippen molar-refractivity contribution in [3.63, 3.8) is 0 Å². The van der Waals surface area contributed by atoms with E-state index in [1.165, 1.54) is 12.4 Å². The molecule has 2 aromatic carbocycles. The summed E-state index contributed by atoms with van der Waals surface area (Å²) in [7, 11) is 0. The maximum Gasteiger partial charge on any atom is 0.258 e. The van der Waals surface area contributed by atoms with Gasteiger partial charge in [0.15, 0.2) is 0 Å². The molecular formula is C19H17BrN4O. The number of hydrogen-bond donors (Lipinski definition) is 2. The third-order valence-corrected chi connectivity index (χ3v) is 4.21. The van der Waals surface area contributed by atoms with Crippen LogP contribution in [0.1, 0.15) is 21.5 Å². The van der Waals surface area contributed by atoms with E-state index in [9.17, 15) is 4.79 Å². The van der Waals surface area contributed by atoms with Crippen LogP contribution in [-0.2, 0) is 0 Å². The summed E-state index contributed by atoms with van der Waals surface area (Å²) in [5, 5.41) is 6.02. The molecule has 0 aliphatic rings. The molecule has 0 aliphatic carbocycles. The average molecular weight is 397 g/mol. The van der Waals surface area contributed by atoms with Crippen molar-refractivity contribution in [1.29, 1.82) is 0 Å². The summed E-state index contributed by atoms with van der Waals surface area (Å²) in [6.45, 7) is 3.92. The number of aryl methyl sites for hydroxylation is 2. The highest BCUT2D eigenvalue weighted by molar-refractivity contribution is 9.10. The first-order valence-electron chi connectivity index (χ1n) is 7.75. The second-order valence-electron chi connectivity index (χ2n) is 5.65. The Morgan fingerprint density at radius 2 is 1.64 bits per heavy atom. The van der Waals surface area contributed by atoms with Crippen LogP contribution in [0.2, 0.25) is 0 Å². The number of para-hydroxylation sites is 1. The van der Waals surface area contributed by atoms with Crippen LogP contribution >= 0.6 is 15.9 Å². The molecule has 3 aromatic rings. The molecule has 1 amide bonds. The smallest absolute Gasteiger partial charge is 0.258 e. The number of carbonyl (C=O) groups is 1. The normalized spacial score (nSPS) is 10.4. The van der Waals surface area contributed by atoms with E-state index in [0.29, 0.717) is 11.5 Å². The number of rotatable bonds is 4. The lowest BCUT2D eigenvalue weighted by Crippen LogP contribution is -2.14. The third-order valence-electron chi connectivity index (χ3n) is 3.71. The van der Waals surface area contributed by atoms with Gasteiger partial charge in [-0.3, -0.25) is 4.79 Å². The molecule has 0 aliphatic heterocycles. The van der Waals surface area contributed by atoms with Crippen LogP contribution in [0.25, 0.3) is 0 Å². The SMILES string of the molecule is Cc1cccc(C)c1NC(=O)c1cnc(Nc2cccc(Br)c2)nc1. The molecule has 0 spiro atoms. The number of hydrogen-bond acceptors (Lipinski definition) is 4. The summed E-state index contributed by atoms with van der Waals surface area (Å²) in [5.74, 6) is 0.202. The molecule has 6 heteroatoms. The summed E-state index contributed by atoms with van der Waals surface area (Å²) >= 11 is 3.42. The van der Waals surface area contributed by atoms with Crippen molar-refractivity contribution >= 4 is 39.2 Å². The largest absolute Gasteiger partial charge is 0.324 e. The maximum atomic E-state index is 12.4. The van der Waals surface area contributed by atoms with Gasteiger partial charge in [-0.15, -0.1) is 0 Å². The quantitative estimate of drug-likeness (QED) is 0.661. The molecule has 0 unspecified atom stereocenters. The van der Waals surface area contributed by atoms with Crippen LogP contribution in [0.3, 0.4) is 0 Å². The van der Waals surface area contributed by atoms with Crippen LogP contribution in [0, 0.1) is 13.8 Å². The van der Waals surface area contributed by atoms with Gasteiger partial charge in [0.2, 0.25) is 5.95 Å². The summed E-state index contributed by atoms with van der Waals surface area (Å²) in [6, 6.07) is 13.6. The van der Waals surface area contributed by atoms with E-state index in [1.54, 1.807) is 0 Å². The molecule has 0 saturated carbocycles. The number of nitrogens with zero attached hydrogens (tertiary/aromatic N) is 2. The maximum absolute atomic E-state index is 12.4. The number of aromatic nitrogens is 2. The highest BCUT2D eigenvalue weighted by Gasteiger charge is 2.11. The number of halogens is 1. The minimum Gasteiger partial charge on any atom is -0.324 e. The summed E-state index contributed by atoms with van der Waals surface area (Å²) in [5.41, 5.74) is 4.12. The number of amides is 1. The summed E-state index contributed by atoms with van der Waals surface area (Å²) < 4.78 is 0.960. The molecule has 126 valence electrons. The van der Waals surface area contributed by atoms with E-state index in [2.05, 4.69) is 36.5 Å². The highest BCUT2D eigenvalue weighted by atomic mass is 79.9. The monoisotopic (exact) mass is 396 g/mol. The van der Waals surface area contributed by atoms with Crippen LogP contribution in [0.5, 0.6) is 0 Å². The Morgan fingerprint density at radius 3 is 2.28 bits per heavy atom. The van der Waals surface area contributed by atoms with Gasteiger partial charge in [-0.1, -0.05) is 40.2 Å². The Bertz CT molecular complexity index is 889. The summed E-state index contributed by atoms with van der Waals surface area (Å²) in [4.78, 5) is 20.8. The average Bonchev–Trinajstić information content (AvgIpc) is 2.59. The first kappa shape index (κ1) is 17.1. The van der Waals surface area contributed by atoms with E-state index < -0.39 is 0 Å². The van der Waals surface area contributed by atoms with E-state index in [1.807, 2.05) is 56.3 Å². The second kappa shape index (κ2) is 7.44. The first-order chi connectivity index (χ1) is 12.0. The van der Waals surface area contributed by atoms with Crippen LogP contribution < -0.4 is 10.6 Å². The van der Waals surface area contributed by atoms with Gasteiger partial charge in [0.1, 0.15) is 0 Å². The standard InChI is InChI=1S/C19H17BrN4O/c1-12-5-3-6-13(2)17(12)24-18(25)14-10-21-19(22-11-14)23-16-8-4-7-15(20)9-16/h3-11H,1-2H3,(H,24,25)(H,21,22,23). The minimum absolute atomic E-state index is 0.230. The van der Waals surface area contributed by atoms with Gasteiger partial charge in [0.25, 0.3) is 5.91 Å². The van der Waals surface area contributed by atoms with Crippen LogP contribution in [-0.4, -0.2) is 15.9 Å². The molecule has 1 heterocycles. The van der Waals surface area contributed by atoms with Crippen molar-refractivity contribution in [3.8, 4) is 0 Å². The lowest BCUT2D eigenvalue weighted by Gasteiger charge is -2.11. The lowest BCUT2D eigenvalue weighted by molar-refractivity contribution is 0.102. The predicted molar refractivity (Wildman–Crippen MR) is 103 cm³/mol. The van der Waals surface area contributed by atoms with Crippen molar-refractivity contribution in [2.45, 2.75) is 13.8 Å². The topological polar surface area (TPSA) is 66.9 Å². The van der Waals surface area contributed by atoms with Gasteiger partial charge in [0.05, 0.1) is 5.56 Å². The van der Waals surface area contributed by atoms with Gasteiger partial charge in [0, 0.05) is 28.2 Å². The van der Waals surface area contributed by atoms with E-state index in [-0.39, 0.29) is 5.91 Å². The zero-order valence-corrected chi connectivity index (χ0v) is 15.5. The van der Waals surface area contributed by atoms with Gasteiger partial charge in [-0.25, -0.2) is 9.97 Å². The zero-order valence-electron chi connectivity index (χ0n) is 13.9.